The van der Waals surface area contributed by atoms with Crippen molar-refractivity contribution in [1.82, 2.24) is 0 Å². The summed E-state index contributed by atoms with van der Waals surface area (Å²) in [6.07, 6.45) is 4.28. The molecular weight excluding hydrogens is 112 g/mol. The van der Waals surface area contributed by atoms with Crippen molar-refractivity contribution in [2.45, 2.75) is 18.9 Å². The highest BCUT2D eigenvalue weighted by atomic mass is 35.5. The van der Waals surface area contributed by atoms with Gasteiger partial charge in [-0.25, -0.2) is 0 Å². The van der Waals surface area contributed by atoms with Gasteiger partial charge in [0.25, 0.3) is 0 Å². The summed E-state index contributed by atoms with van der Waals surface area (Å²) in [6.45, 7) is 1.98. The molecule has 42 valence electrons. The summed E-state index contributed by atoms with van der Waals surface area (Å²) < 4.78 is 0. The Morgan fingerprint density at radius 1 is 1.86 bits per heavy atom. The predicted molar refractivity (Wildman–Crippen MR) is 31.3 cm³/mol. The first-order valence-electron chi connectivity index (χ1n) is 2.26. The molecule has 1 atom stereocenters. The fourth-order valence-corrected chi connectivity index (χ4v) is 0.351. The monoisotopic (exact) mass is 120 g/mol. The Hall–Kier alpha value is -0.0100. The summed E-state index contributed by atoms with van der Waals surface area (Å²) in [5, 5.41) is 8.36. The lowest BCUT2D eigenvalue weighted by Crippen LogP contribution is -1.85. The van der Waals surface area contributed by atoms with Crippen LogP contribution in [0.2, 0.25) is 0 Å². The van der Waals surface area contributed by atoms with Gasteiger partial charge in [0.15, 0.2) is 0 Å². The fraction of sp³-hybridized carbons (Fsp3) is 0.600. The number of aliphatic hydroxyl groups excluding tert-OH is 1. The normalized spacial score (nSPS) is 15.3. The Bertz CT molecular complexity index is 59.1. The van der Waals surface area contributed by atoms with Crippen LogP contribution in [-0.4, -0.2) is 10.7 Å². The Balaban J connectivity index is 3.08. The van der Waals surface area contributed by atoms with Crippen molar-refractivity contribution in [1.29, 1.82) is 0 Å². The quantitative estimate of drug-likeness (QED) is 0.433. The van der Waals surface area contributed by atoms with Crippen LogP contribution in [0.3, 0.4) is 0 Å². The van der Waals surface area contributed by atoms with Crippen LogP contribution in [0, 0.1) is 0 Å². The second-order valence-corrected chi connectivity index (χ2v) is 1.66. The highest BCUT2D eigenvalue weighted by Crippen LogP contribution is 1.91. The van der Waals surface area contributed by atoms with E-state index >= 15 is 0 Å². The van der Waals surface area contributed by atoms with E-state index in [1.165, 1.54) is 0 Å². The van der Waals surface area contributed by atoms with Crippen LogP contribution >= 0.6 is 11.6 Å². The van der Waals surface area contributed by atoms with E-state index in [9.17, 15) is 0 Å². The summed E-state index contributed by atoms with van der Waals surface area (Å²) in [4.78, 5) is 0. The summed E-state index contributed by atoms with van der Waals surface area (Å²) in [6, 6.07) is 0. The van der Waals surface area contributed by atoms with Gasteiger partial charge in [0.05, 0.1) is 0 Å². The maximum absolute atomic E-state index is 8.36. The molecule has 1 nitrogen and oxygen atoms in total. The van der Waals surface area contributed by atoms with Crippen LogP contribution in [0.4, 0.5) is 0 Å². The molecule has 0 saturated heterocycles. The summed E-state index contributed by atoms with van der Waals surface area (Å²) in [7, 11) is 0. The third kappa shape index (κ3) is 5.99. The lowest BCUT2D eigenvalue weighted by Gasteiger charge is -1.86. The smallest absolute Gasteiger partial charge is 0.146 e. The van der Waals surface area contributed by atoms with Gasteiger partial charge in [-0.1, -0.05) is 24.6 Å². The fourth-order valence-electron chi connectivity index (χ4n) is 0.248. The summed E-state index contributed by atoms with van der Waals surface area (Å²) >= 11 is 5.13. The Morgan fingerprint density at radius 2 is 2.43 bits per heavy atom. The highest BCUT2D eigenvalue weighted by molar-refractivity contribution is 6.20. The second-order valence-electron chi connectivity index (χ2n) is 1.21. The molecule has 2 heteroatoms. The minimum absolute atomic E-state index is 0.806. The third-order valence-corrected chi connectivity index (χ3v) is 0.676. The van der Waals surface area contributed by atoms with Crippen LogP contribution in [-0.2, 0) is 0 Å². The van der Waals surface area contributed by atoms with Gasteiger partial charge in [0, 0.05) is 0 Å². The van der Waals surface area contributed by atoms with Gasteiger partial charge in [-0.15, -0.1) is 0 Å². The van der Waals surface area contributed by atoms with Crippen molar-refractivity contribution in [2.24, 2.45) is 0 Å². The molecular formula is C5H9ClO. The lowest BCUT2D eigenvalue weighted by atomic mass is 10.4. The van der Waals surface area contributed by atoms with Gasteiger partial charge in [-0.2, -0.15) is 0 Å². The molecule has 0 aromatic rings. The van der Waals surface area contributed by atoms with Gasteiger partial charge in [-0.3, -0.25) is 0 Å². The molecule has 0 amide bonds. The van der Waals surface area contributed by atoms with E-state index in [2.05, 4.69) is 0 Å². The van der Waals surface area contributed by atoms with Crippen LogP contribution < -0.4 is 0 Å². The van der Waals surface area contributed by atoms with Crippen LogP contribution in [0.15, 0.2) is 12.2 Å². The van der Waals surface area contributed by atoms with E-state index in [1.54, 1.807) is 6.08 Å². The number of rotatable bonds is 2. The largest absolute Gasteiger partial charge is 0.374 e. The van der Waals surface area contributed by atoms with Crippen molar-refractivity contribution >= 4 is 11.6 Å². The van der Waals surface area contributed by atoms with Crippen LogP contribution in [0.5, 0.6) is 0 Å². The lowest BCUT2D eigenvalue weighted by molar-refractivity contribution is 0.303. The molecule has 0 aliphatic heterocycles. The van der Waals surface area contributed by atoms with Gasteiger partial charge >= 0.3 is 0 Å². The number of alkyl halides is 1. The molecule has 0 rings (SSSR count). The minimum atomic E-state index is -0.806. The number of aliphatic hydroxyl groups is 1. The average Bonchev–Trinajstić information content (AvgIpc) is 1.61. The number of halogens is 1. The minimum Gasteiger partial charge on any atom is -0.374 e. The van der Waals surface area contributed by atoms with Gasteiger partial charge < -0.3 is 5.11 Å². The molecule has 7 heavy (non-hydrogen) atoms. The van der Waals surface area contributed by atoms with E-state index in [0.717, 1.165) is 6.42 Å². The van der Waals surface area contributed by atoms with Crippen molar-refractivity contribution in [3.05, 3.63) is 12.2 Å². The molecule has 0 aromatic carbocycles. The highest BCUT2D eigenvalue weighted by Gasteiger charge is 1.83. The standard InChI is InChI=1S/C5H9ClO/c1-2-3-4-5(6)7/h3-5,7H,2H2,1H3. The molecule has 0 aromatic heterocycles. The van der Waals surface area contributed by atoms with Gasteiger partial charge in [0.1, 0.15) is 5.56 Å². The summed E-state index contributed by atoms with van der Waals surface area (Å²) in [5.74, 6) is 0. The third-order valence-electron chi connectivity index (χ3n) is 0.531. The van der Waals surface area contributed by atoms with Crippen LogP contribution in [0.1, 0.15) is 13.3 Å². The van der Waals surface area contributed by atoms with E-state index in [-0.39, 0.29) is 0 Å². The van der Waals surface area contributed by atoms with Crippen LogP contribution in [0.25, 0.3) is 0 Å². The topological polar surface area (TPSA) is 20.2 Å². The maximum Gasteiger partial charge on any atom is 0.146 e. The molecule has 0 aliphatic rings. The first-order valence-corrected chi connectivity index (χ1v) is 2.69. The van der Waals surface area contributed by atoms with Crippen molar-refractivity contribution in [3.63, 3.8) is 0 Å². The molecule has 0 heterocycles. The van der Waals surface area contributed by atoms with E-state index < -0.39 is 5.56 Å². The molecule has 0 spiro atoms. The molecule has 0 radical (unpaired) electrons. The average molecular weight is 121 g/mol. The Labute approximate surface area is 48.6 Å². The first-order chi connectivity index (χ1) is 3.27. The number of allylic oxidation sites excluding steroid dienone is 1. The SMILES string of the molecule is CCC=CC(O)Cl. The zero-order valence-corrected chi connectivity index (χ0v) is 5.02. The Morgan fingerprint density at radius 3 is 2.57 bits per heavy atom. The zero-order valence-electron chi connectivity index (χ0n) is 4.26. The van der Waals surface area contributed by atoms with E-state index in [0.29, 0.717) is 0 Å². The predicted octanol–water partition coefficient (Wildman–Crippen LogP) is 1.51. The first kappa shape index (κ1) is 6.99. The molecule has 0 aliphatic carbocycles. The molecule has 1 N–H and O–H groups in total. The van der Waals surface area contributed by atoms with Gasteiger partial charge in [0.2, 0.25) is 0 Å². The van der Waals surface area contributed by atoms with Crippen molar-refractivity contribution < 1.29 is 5.11 Å². The second kappa shape index (κ2) is 4.16. The molecule has 0 fully saturated rings. The zero-order chi connectivity index (χ0) is 5.70. The number of hydrogen-bond acceptors (Lipinski definition) is 1. The maximum atomic E-state index is 8.36. The number of hydrogen-bond donors (Lipinski definition) is 1. The van der Waals surface area contributed by atoms with E-state index in [1.807, 2.05) is 13.0 Å². The molecule has 0 saturated carbocycles. The molecule has 0 bridgehead atoms. The van der Waals surface area contributed by atoms with Crippen molar-refractivity contribution in [3.8, 4) is 0 Å². The van der Waals surface area contributed by atoms with Gasteiger partial charge in [-0.05, 0) is 12.5 Å². The van der Waals surface area contributed by atoms with E-state index in [4.69, 9.17) is 16.7 Å². The molecule has 1 unspecified atom stereocenters. The summed E-state index contributed by atoms with van der Waals surface area (Å²) in [5.41, 5.74) is -0.806. The Kier molecular flexibility index (Phi) is 4.15. The van der Waals surface area contributed by atoms with Crippen molar-refractivity contribution in [2.75, 3.05) is 0 Å².